The summed E-state index contributed by atoms with van der Waals surface area (Å²) in [7, 11) is 1.36. The van der Waals surface area contributed by atoms with Crippen molar-refractivity contribution in [2.24, 2.45) is 0 Å². The first kappa shape index (κ1) is 19.5. The number of nitriles is 1. The Morgan fingerprint density at radius 2 is 1.96 bits per heavy atom. The third kappa shape index (κ3) is 4.35. The second-order valence-corrected chi connectivity index (χ2v) is 6.69. The van der Waals surface area contributed by atoms with E-state index in [1.165, 1.54) is 30.6 Å². The molecule has 3 rings (SSSR count). The molecule has 28 heavy (non-hydrogen) atoms. The van der Waals surface area contributed by atoms with Gasteiger partial charge in [0, 0.05) is 16.5 Å². The van der Waals surface area contributed by atoms with Crippen molar-refractivity contribution in [3.05, 3.63) is 64.0 Å². The molecule has 0 saturated heterocycles. The summed E-state index contributed by atoms with van der Waals surface area (Å²) in [5.41, 5.74) is 3.38. The fourth-order valence-corrected chi connectivity index (χ4v) is 3.37. The molecule has 4 nitrogen and oxygen atoms in total. The van der Waals surface area contributed by atoms with Crippen LogP contribution in [0.1, 0.15) is 16.1 Å². The molecule has 142 valence electrons. The average molecular weight is 398 g/mol. The van der Waals surface area contributed by atoms with Gasteiger partial charge >= 0.3 is 6.61 Å². The predicted molar refractivity (Wildman–Crippen MR) is 105 cm³/mol. The van der Waals surface area contributed by atoms with E-state index in [2.05, 4.69) is 15.8 Å². The van der Waals surface area contributed by atoms with Gasteiger partial charge in [-0.05, 0) is 19.1 Å². The Hall–Kier alpha value is -3.24. The SMILES string of the molecule is COc1cccc(/C=C(\C#N)c2nc(-c3ccc(C)cc3)cs2)c1OC(F)F. The van der Waals surface area contributed by atoms with Crippen molar-refractivity contribution in [2.75, 3.05) is 7.11 Å². The van der Waals surface area contributed by atoms with Gasteiger partial charge in [-0.1, -0.05) is 42.0 Å². The Kier molecular flexibility index (Phi) is 6.02. The molecule has 7 heteroatoms. The highest BCUT2D eigenvalue weighted by Crippen LogP contribution is 2.35. The molecule has 1 aromatic heterocycles. The van der Waals surface area contributed by atoms with Crippen molar-refractivity contribution in [2.45, 2.75) is 13.5 Å². The van der Waals surface area contributed by atoms with E-state index in [-0.39, 0.29) is 17.1 Å². The van der Waals surface area contributed by atoms with E-state index in [1.807, 2.05) is 36.6 Å². The summed E-state index contributed by atoms with van der Waals surface area (Å²) in [5.74, 6) is 0.0360. The van der Waals surface area contributed by atoms with Gasteiger partial charge < -0.3 is 9.47 Å². The number of ether oxygens (including phenoxy) is 2. The number of benzene rings is 2. The summed E-state index contributed by atoms with van der Waals surface area (Å²) in [5, 5.41) is 11.9. The Labute approximate surface area is 165 Å². The maximum Gasteiger partial charge on any atom is 0.387 e. The van der Waals surface area contributed by atoms with Gasteiger partial charge in [0.1, 0.15) is 11.1 Å². The van der Waals surface area contributed by atoms with Gasteiger partial charge in [-0.15, -0.1) is 11.3 Å². The summed E-state index contributed by atoms with van der Waals surface area (Å²) in [4.78, 5) is 4.52. The molecule has 0 atom stereocenters. The van der Waals surface area contributed by atoms with E-state index in [4.69, 9.17) is 4.74 Å². The molecule has 0 saturated carbocycles. The van der Waals surface area contributed by atoms with E-state index in [0.29, 0.717) is 10.6 Å². The molecule has 0 spiro atoms. The first-order valence-corrected chi connectivity index (χ1v) is 9.16. The lowest BCUT2D eigenvalue weighted by Crippen LogP contribution is -2.05. The van der Waals surface area contributed by atoms with E-state index >= 15 is 0 Å². The van der Waals surface area contributed by atoms with Gasteiger partial charge in [0.15, 0.2) is 11.5 Å². The number of nitrogens with zero attached hydrogens (tertiary/aromatic N) is 2. The van der Waals surface area contributed by atoms with Crippen molar-refractivity contribution in [1.82, 2.24) is 4.98 Å². The number of thiazole rings is 1. The molecule has 0 aliphatic carbocycles. The highest BCUT2D eigenvalue weighted by atomic mass is 32.1. The maximum atomic E-state index is 12.8. The number of alkyl halides is 2. The van der Waals surface area contributed by atoms with Crippen LogP contribution in [0, 0.1) is 18.3 Å². The van der Waals surface area contributed by atoms with Crippen molar-refractivity contribution < 1.29 is 18.3 Å². The monoisotopic (exact) mass is 398 g/mol. The Balaban J connectivity index is 2.00. The number of hydrogen-bond acceptors (Lipinski definition) is 5. The number of para-hydroxylation sites is 1. The number of methoxy groups -OCH3 is 1. The third-order valence-electron chi connectivity index (χ3n) is 3.94. The number of halogens is 2. The topological polar surface area (TPSA) is 55.1 Å². The Morgan fingerprint density at radius 3 is 2.61 bits per heavy atom. The number of allylic oxidation sites excluding steroid dienone is 1. The van der Waals surface area contributed by atoms with Crippen molar-refractivity contribution in [3.8, 4) is 28.8 Å². The number of rotatable bonds is 6. The fourth-order valence-electron chi connectivity index (χ4n) is 2.57. The van der Waals surface area contributed by atoms with Crippen LogP contribution in [-0.4, -0.2) is 18.7 Å². The average Bonchev–Trinajstić information content (AvgIpc) is 3.17. The standard InChI is InChI=1S/C21H16F2N2O2S/c1-13-6-8-14(9-7-13)17-12-28-20(25-17)16(11-24)10-15-4-3-5-18(26-2)19(15)27-21(22)23/h3-10,12,21H,1-2H3/b16-10+. The van der Waals surface area contributed by atoms with E-state index in [9.17, 15) is 14.0 Å². The molecule has 0 amide bonds. The number of hydrogen-bond donors (Lipinski definition) is 0. The lowest BCUT2D eigenvalue weighted by atomic mass is 10.1. The Morgan fingerprint density at radius 1 is 1.21 bits per heavy atom. The minimum absolute atomic E-state index is 0.122. The summed E-state index contributed by atoms with van der Waals surface area (Å²) in [6.45, 7) is -1.01. The normalized spacial score (nSPS) is 11.4. The zero-order valence-corrected chi connectivity index (χ0v) is 16.0. The molecule has 0 bridgehead atoms. The van der Waals surface area contributed by atoms with Crippen LogP contribution in [0.5, 0.6) is 11.5 Å². The first-order valence-electron chi connectivity index (χ1n) is 8.28. The molecule has 0 unspecified atom stereocenters. The summed E-state index contributed by atoms with van der Waals surface area (Å²) in [6.07, 6.45) is 1.47. The van der Waals surface area contributed by atoms with Crippen molar-refractivity contribution >= 4 is 23.0 Å². The summed E-state index contributed by atoms with van der Waals surface area (Å²) >= 11 is 1.31. The highest BCUT2D eigenvalue weighted by molar-refractivity contribution is 7.11. The highest BCUT2D eigenvalue weighted by Gasteiger charge is 2.16. The molecule has 1 heterocycles. The molecular weight excluding hydrogens is 382 g/mol. The van der Waals surface area contributed by atoms with Crippen LogP contribution in [-0.2, 0) is 0 Å². The van der Waals surface area contributed by atoms with Gasteiger partial charge in [0.05, 0.1) is 18.4 Å². The third-order valence-corrected chi connectivity index (χ3v) is 4.81. The first-order chi connectivity index (χ1) is 13.5. The minimum Gasteiger partial charge on any atom is -0.493 e. The second-order valence-electron chi connectivity index (χ2n) is 5.83. The summed E-state index contributed by atoms with van der Waals surface area (Å²) in [6, 6.07) is 14.7. The molecule has 0 aliphatic rings. The van der Waals surface area contributed by atoms with Crippen LogP contribution < -0.4 is 9.47 Å². The quantitative estimate of drug-likeness (QED) is 0.493. The predicted octanol–water partition coefficient (Wildman–Crippen LogP) is 5.79. The molecule has 0 radical (unpaired) electrons. The molecule has 0 fully saturated rings. The second kappa shape index (κ2) is 8.63. The minimum atomic E-state index is -3.01. The molecular formula is C21H16F2N2O2S. The smallest absolute Gasteiger partial charge is 0.387 e. The molecule has 0 aliphatic heterocycles. The van der Waals surface area contributed by atoms with Crippen LogP contribution in [0.3, 0.4) is 0 Å². The van der Waals surface area contributed by atoms with Crippen LogP contribution in [0.25, 0.3) is 22.9 Å². The van der Waals surface area contributed by atoms with Crippen LogP contribution in [0.2, 0.25) is 0 Å². The van der Waals surface area contributed by atoms with E-state index in [0.717, 1.165) is 16.8 Å². The van der Waals surface area contributed by atoms with Crippen LogP contribution in [0.15, 0.2) is 47.8 Å². The van der Waals surface area contributed by atoms with Gasteiger partial charge in [0.2, 0.25) is 0 Å². The van der Waals surface area contributed by atoms with Gasteiger partial charge in [0.25, 0.3) is 0 Å². The van der Waals surface area contributed by atoms with Gasteiger partial charge in [-0.25, -0.2) is 4.98 Å². The molecule has 0 N–H and O–H groups in total. The van der Waals surface area contributed by atoms with Gasteiger partial charge in [-0.3, -0.25) is 0 Å². The molecule has 3 aromatic rings. The van der Waals surface area contributed by atoms with Crippen LogP contribution >= 0.6 is 11.3 Å². The lowest BCUT2D eigenvalue weighted by Gasteiger charge is -2.12. The zero-order chi connectivity index (χ0) is 20.1. The van der Waals surface area contributed by atoms with E-state index in [1.54, 1.807) is 12.1 Å². The molecule has 2 aromatic carbocycles. The largest absolute Gasteiger partial charge is 0.493 e. The lowest BCUT2D eigenvalue weighted by molar-refractivity contribution is -0.0513. The van der Waals surface area contributed by atoms with Crippen molar-refractivity contribution in [1.29, 1.82) is 5.26 Å². The zero-order valence-electron chi connectivity index (χ0n) is 15.1. The number of aryl methyl sites for hydroxylation is 1. The maximum absolute atomic E-state index is 12.8. The Bertz CT molecular complexity index is 1040. The van der Waals surface area contributed by atoms with E-state index < -0.39 is 6.61 Å². The van der Waals surface area contributed by atoms with Gasteiger partial charge in [-0.2, -0.15) is 14.0 Å². The number of aromatic nitrogens is 1. The van der Waals surface area contributed by atoms with Crippen LogP contribution in [0.4, 0.5) is 8.78 Å². The van der Waals surface area contributed by atoms with Crippen molar-refractivity contribution in [3.63, 3.8) is 0 Å². The summed E-state index contributed by atoms with van der Waals surface area (Å²) < 4.78 is 35.3. The fraction of sp³-hybridized carbons (Fsp3) is 0.143.